The van der Waals surface area contributed by atoms with Crippen molar-refractivity contribution in [2.45, 2.75) is 12.6 Å². The first-order valence-electron chi connectivity index (χ1n) is 8.49. The van der Waals surface area contributed by atoms with E-state index in [0.29, 0.717) is 5.75 Å². The summed E-state index contributed by atoms with van der Waals surface area (Å²) < 4.78 is 32.5. The molecule has 0 heterocycles. The van der Waals surface area contributed by atoms with Crippen molar-refractivity contribution in [2.75, 3.05) is 0 Å². The summed E-state index contributed by atoms with van der Waals surface area (Å²) >= 11 is 0. The van der Waals surface area contributed by atoms with Crippen LogP contribution in [0.5, 0.6) is 5.75 Å². The highest BCUT2D eigenvalue weighted by Crippen LogP contribution is 2.19. The van der Waals surface area contributed by atoms with Gasteiger partial charge in [0.1, 0.15) is 30.0 Å². The fourth-order valence-electron chi connectivity index (χ4n) is 2.58. The maximum Gasteiger partial charge on any atom is 0.252 e. The van der Waals surface area contributed by atoms with Gasteiger partial charge < -0.3 is 10.1 Å². The van der Waals surface area contributed by atoms with Crippen molar-refractivity contribution >= 4 is 5.91 Å². The van der Waals surface area contributed by atoms with E-state index >= 15 is 0 Å². The Morgan fingerprint density at radius 3 is 2.50 bits per heavy atom. The third-order valence-corrected chi connectivity index (χ3v) is 4.04. The van der Waals surface area contributed by atoms with Crippen molar-refractivity contribution in [3.05, 3.63) is 101 Å². The summed E-state index contributed by atoms with van der Waals surface area (Å²) in [5.41, 5.74) is 1.15. The molecule has 0 aliphatic carbocycles. The molecule has 3 aromatic rings. The number of benzene rings is 3. The van der Waals surface area contributed by atoms with E-state index in [1.165, 1.54) is 36.4 Å². The van der Waals surface area contributed by atoms with Crippen molar-refractivity contribution in [2.24, 2.45) is 0 Å². The Morgan fingerprint density at radius 1 is 1.04 bits per heavy atom. The van der Waals surface area contributed by atoms with Crippen LogP contribution in [0.1, 0.15) is 27.5 Å². The molecule has 28 heavy (non-hydrogen) atoms. The smallest absolute Gasteiger partial charge is 0.252 e. The van der Waals surface area contributed by atoms with Crippen LogP contribution in [0, 0.1) is 23.0 Å². The van der Waals surface area contributed by atoms with Gasteiger partial charge in [-0.2, -0.15) is 5.26 Å². The van der Waals surface area contributed by atoms with Crippen LogP contribution in [0.4, 0.5) is 8.78 Å². The highest BCUT2D eigenvalue weighted by molar-refractivity contribution is 5.95. The lowest BCUT2D eigenvalue weighted by atomic mass is 10.1. The zero-order chi connectivity index (χ0) is 19.9. The molecule has 140 valence electrons. The number of ether oxygens (including phenoxy) is 1. The summed E-state index contributed by atoms with van der Waals surface area (Å²) in [5.74, 6) is -0.978. The summed E-state index contributed by atoms with van der Waals surface area (Å²) in [6.07, 6.45) is 0. The fourth-order valence-corrected chi connectivity index (χ4v) is 2.58. The molecule has 0 saturated heterocycles. The van der Waals surface area contributed by atoms with Crippen LogP contribution in [-0.4, -0.2) is 5.91 Å². The van der Waals surface area contributed by atoms with Gasteiger partial charge in [-0.15, -0.1) is 0 Å². The zero-order valence-electron chi connectivity index (χ0n) is 14.7. The SMILES string of the molecule is N#CC(NC(=O)c1cccc(OCc2ccc(F)cc2)c1)c1ccccc1F. The molecule has 6 heteroatoms. The maximum atomic E-state index is 13.9. The first-order chi connectivity index (χ1) is 13.6. The van der Waals surface area contributed by atoms with Crippen molar-refractivity contribution in [3.63, 3.8) is 0 Å². The van der Waals surface area contributed by atoms with Crippen molar-refractivity contribution in [1.29, 1.82) is 5.26 Å². The summed E-state index contributed by atoms with van der Waals surface area (Å²) in [7, 11) is 0. The van der Waals surface area contributed by atoms with Gasteiger partial charge in [0.15, 0.2) is 0 Å². The quantitative estimate of drug-likeness (QED) is 0.685. The van der Waals surface area contributed by atoms with E-state index in [1.54, 1.807) is 36.4 Å². The number of hydrogen-bond donors (Lipinski definition) is 1. The maximum absolute atomic E-state index is 13.9. The lowest BCUT2D eigenvalue weighted by molar-refractivity contribution is 0.0944. The normalized spacial score (nSPS) is 11.3. The summed E-state index contributed by atoms with van der Waals surface area (Å²) in [6, 6.07) is 18.9. The highest BCUT2D eigenvalue weighted by Gasteiger charge is 2.18. The van der Waals surface area contributed by atoms with Crippen LogP contribution in [0.25, 0.3) is 0 Å². The molecule has 1 atom stereocenters. The van der Waals surface area contributed by atoms with E-state index in [-0.39, 0.29) is 23.6 Å². The van der Waals surface area contributed by atoms with Crippen LogP contribution >= 0.6 is 0 Å². The van der Waals surface area contributed by atoms with Crippen LogP contribution in [-0.2, 0) is 6.61 Å². The van der Waals surface area contributed by atoms with E-state index < -0.39 is 17.8 Å². The molecule has 0 bridgehead atoms. The second kappa shape index (κ2) is 8.78. The molecule has 0 spiro atoms. The lowest BCUT2D eigenvalue weighted by Gasteiger charge is -2.13. The predicted molar refractivity (Wildman–Crippen MR) is 99.4 cm³/mol. The van der Waals surface area contributed by atoms with Crippen molar-refractivity contribution < 1.29 is 18.3 Å². The second-order valence-electron chi connectivity index (χ2n) is 6.00. The Kier molecular flexibility index (Phi) is 5.97. The summed E-state index contributed by atoms with van der Waals surface area (Å²) in [6.45, 7) is 0.210. The number of nitriles is 1. The average Bonchev–Trinajstić information content (AvgIpc) is 2.72. The van der Waals surface area contributed by atoms with Gasteiger partial charge in [-0.3, -0.25) is 4.79 Å². The number of nitrogens with one attached hydrogen (secondary N) is 1. The molecule has 0 aromatic heterocycles. The lowest BCUT2D eigenvalue weighted by Crippen LogP contribution is -2.28. The zero-order valence-corrected chi connectivity index (χ0v) is 14.7. The Morgan fingerprint density at radius 2 is 1.79 bits per heavy atom. The molecule has 0 aliphatic rings. The first-order valence-corrected chi connectivity index (χ1v) is 8.49. The molecular weight excluding hydrogens is 362 g/mol. The molecule has 0 fully saturated rings. The van der Waals surface area contributed by atoms with Crippen LogP contribution in [0.2, 0.25) is 0 Å². The van der Waals surface area contributed by atoms with Gasteiger partial charge in [-0.05, 0) is 42.0 Å². The monoisotopic (exact) mass is 378 g/mol. The van der Waals surface area contributed by atoms with Gasteiger partial charge >= 0.3 is 0 Å². The van der Waals surface area contributed by atoms with E-state index in [4.69, 9.17) is 4.74 Å². The molecule has 1 unspecified atom stereocenters. The number of hydrogen-bond acceptors (Lipinski definition) is 3. The van der Waals surface area contributed by atoms with Crippen molar-refractivity contribution in [1.82, 2.24) is 5.32 Å². The standard InChI is InChI=1S/C22H16F2N2O2/c23-17-10-8-15(9-11-17)14-28-18-5-3-4-16(12-18)22(27)26-21(13-25)19-6-1-2-7-20(19)24/h1-12,21H,14H2,(H,26,27). The minimum absolute atomic E-state index is 0.0991. The minimum Gasteiger partial charge on any atom is -0.489 e. The number of amides is 1. The number of nitrogens with zero attached hydrogens (tertiary/aromatic N) is 1. The third kappa shape index (κ3) is 4.71. The number of rotatable bonds is 6. The van der Waals surface area contributed by atoms with Gasteiger partial charge in [-0.1, -0.05) is 36.4 Å². The first kappa shape index (κ1) is 19.1. The highest BCUT2D eigenvalue weighted by atomic mass is 19.1. The second-order valence-corrected chi connectivity index (χ2v) is 6.00. The fraction of sp³-hybridized carbons (Fsp3) is 0.0909. The largest absolute Gasteiger partial charge is 0.489 e. The van der Waals surface area contributed by atoms with Crippen molar-refractivity contribution in [3.8, 4) is 11.8 Å². The van der Waals surface area contributed by atoms with E-state index in [2.05, 4.69) is 5.32 Å². The summed E-state index contributed by atoms with van der Waals surface area (Å²) in [5, 5.41) is 11.8. The van der Waals surface area contributed by atoms with Gasteiger partial charge in [0.25, 0.3) is 5.91 Å². The van der Waals surface area contributed by atoms with Crippen LogP contribution in [0.3, 0.4) is 0 Å². The Balaban J connectivity index is 1.68. The Bertz CT molecular complexity index is 1010. The third-order valence-electron chi connectivity index (χ3n) is 4.04. The topological polar surface area (TPSA) is 62.1 Å². The minimum atomic E-state index is -1.11. The Labute approximate surface area is 161 Å². The number of halogens is 2. The summed E-state index contributed by atoms with van der Waals surface area (Å²) in [4.78, 5) is 12.5. The van der Waals surface area contributed by atoms with Gasteiger partial charge in [0, 0.05) is 11.1 Å². The molecule has 4 nitrogen and oxygen atoms in total. The van der Waals surface area contributed by atoms with Gasteiger partial charge in [0.2, 0.25) is 0 Å². The van der Waals surface area contributed by atoms with Crippen LogP contribution < -0.4 is 10.1 Å². The van der Waals surface area contributed by atoms with E-state index in [0.717, 1.165) is 5.56 Å². The van der Waals surface area contributed by atoms with E-state index in [1.807, 2.05) is 6.07 Å². The molecular formula is C22H16F2N2O2. The van der Waals surface area contributed by atoms with Gasteiger partial charge in [0.05, 0.1) is 6.07 Å². The molecule has 1 amide bonds. The molecule has 3 aromatic carbocycles. The molecule has 1 N–H and O–H groups in total. The van der Waals surface area contributed by atoms with Crippen LogP contribution in [0.15, 0.2) is 72.8 Å². The molecule has 3 rings (SSSR count). The molecule has 0 aliphatic heterocycles. The Hall–Kier alpha value is -3.72. The van der Waals surface area contributed by atoms with Gasteiger partial charge in [-0.25, -0.2) is 8.78 Å². The number of carbonyl (C=O) groups excluding carboxylic acids is 1. The van der Waals surface area contributed by atoms with E-state index in [9.17, 15) is 18.8 Å². The molecule has 0 saturated carbocycles. The predicted octanol–water partition coefficient (Wildman–Crippen LogP) is 4.54. The number of carbonyl (C=O) groups is 1. The average molecular weight is 378 g/mol. The molecule has 0 radical (unpaired) electrons.